The summed E-state index contributed by atoms with van der Waals surface area (Å²) in [6, 6.07) is 6.26. The quantitative estimate of drug-likeness (QED) is 0.473. The summed E-state index contributed by atoms with van der Waals surface area (Å²) in [5, 5.41) is 0. The van der Waals surface area contributed by atoms with Gasteiger partial charge >= 0.3 is 0 Å². The minimum absolute atomic E-state index is 0. The van der Waals surface area contributed by atoms with Crippen molar-refractivity contribution in [1.82, 2.24) is 0 Å². The first-order valence-corrected chi connectivity index (χ1v) is 11.9. The Morgan fingerprint density at radius 1 is 1.00 bits per heavy atom. The molecule has 1 aromatic carbocycles. The summed E-state index contributed by atoms with van der Waals surface area (Å²) in [4.78, 5) is 26.1. The molecule has 2 atom stereocenters. The van der Waals surface area contributed by atoms with Crippen LogP contribution in [0.4, 0.5) is 0 Å². The van der Waals surface area contributed by atoms with E-state index >= 15 is 0 Å². The number of likely N-dealkylation sites (tertiary alicyclic amines) is 1. The smallest absolute Gasteiger partial charge is 0.191 e. The summed E-state index contributed by atoms with van der Waals surface area (Å²) in [5.74, 6) is 1.59. The Bertz CT molecular complexity index is 705. The van der Waals surface area contributed by atoms with E-state index in [1.54, 1.807) is 0 Å². The van der Waals surface area contributed by atoms with Crippen LogP contribution in [0.1, 0.15) is 75.0 Å². The Morgan fingerprint density at radius 2 is 1.67 bits per heavy atom. The predicted molar refractivity (Wildman–Crippen MR) is 119 cm³/mol. The van der Waals surface area contributed by atoms with Crippen molar-refractivity contribution >= 4 is 11.6 Å². The maximum absolute atomic E-state index is 13.0. The first kappa shape index (κ1) is 25.9. The number of hydrogen-bond donors (Lipinski definition) is 0. The van der Waals surface area contributed by atoms with Gasteiger partial charge in [-0.2, -0.15) is 0 Å². The third-order valence-electron chi connectivity index (χ3n) is 7.66. The Morgan fingerprint density at radius 3 is 2.30 bits per heavy atom. The van der Waals surface area contributed by atoms with Crippen LogP contribution in [-0.2, 0) is 48.7 Å². The number of aryl methyl sites for hydroxylation is 2. The van der Waals surface area contributed by atoms with Crippen molar-refractivity contribution < 1.29 is 46.8 Å². The summed E-state index contributed by atoms with van der Waals surface area (Å²) in [6.45, 7) is 9.84. The van der Waals surface area contributed by atoms with E-state index in [0.717, 1.165) is 43.4 Å². The molecule has 30 heavy (non-hydrogen) atoms. The maximum atomic E-state index is 13.0. The molecule has 2 fully saturated rings. The van der Waals surface area contributed by atoms with E-state index in [1.807, 2.05) is 0 Å². The Kier molecular flexibility index (Phi) is 10.4. The topological polar surface area (TPSA) is 34.1 Å². The number of ketones is 2. The zero-order valence-corrected chi connectivity index (χ0v) is 22.3. The van der Waals surface area contributed by atoms with Crippen molar-refractivity contribution in [2.75, 3.05) is 26.2 Å². The van der Waals surface area contributed by atoms with Crippen LogP contribution < -0.4 is 0 Å². The third-order valence-corrected chi connectivity index (χ3v) is 7.66. The molecule has 1 aliphatic carbocycles. The van der Waals surface area contributed by atoms with Gasteiger partial charge in [0, 0.05) is 45.6 Å². The fraction of sp³-hybridized carbons (Fsp3) is 0.692. The normalized spacial score (nSPS) is 24.8. The van der Waals surface area contributed by atoms with Crippen LogP contribution in [0.3, 0.4) is 0 Å². The van der Waals surface area contributed by atoms with Crippen LogP contribution in [-0.4, -0.2) is 42.2 Å². The maximum Gasteiger partial charge on any atom is 0.191 e. The molecule has 0 amide bonds. The Hall–Kier alpha value is -0.376. The summed E-state index contributed by atoms with van der Waals surface area (Å²) < 4.78 is 0.810. The fourth-order valence-corrected chi connectivity index (χ4v) is 5.73. The second-order valence-electron chi connectivity index (χ2n) is 9.82. The molecule has 0 bridgehead atoms. The molecule has 1 saturated heterocycles. The second kappa shape index (κ2) is 12.0. The van der Waals surface area contributed by atoms with E-state index in [4.69, 9.17) is 0 Å². The minimum Gasteiger partial charge on any atom is -0.317 e. The predicted octanol–water partition coefficient (Wildman–Crippen LogP) is 5.20. The van der Waals surface area contributed by atoms with Crippen molar-refractivity contribution in [1.29, 1.82) is 0 Å². The van der Waals surface area contributed by atoms with Gasteiger partial charge in [0.25, 0.3) is 0 Å². The van der Waals surface area contributed by atoms with E-state index in [9.17, 15) is 9.59 Å². The van der Waals surface area contributed by atoms with E-state index in [0.29, 0.717) is 30.4 Å². The Labute approximate surface area is 208 Å². The average Bonchev–Trinajstić information content (AvgIpc) is 2.72. The zero-order chi connectivity index (χ0) is 20.9. The van der Waals surface area contributed by atoms with Gasteiger partial charge in [-0.3, -0.25) is 9.59 Å². The van der Waals surface area contributed by atoms with Gasteiger partial charge in [-0.25, -0.2) is 0 Å². The van der Waals surface area contributed by atoms with Crippen LogP contribution in [0.2, 0.25) is 0 Å². The van der Waals surface area contributed by atoms with Crippen LogP contribution >= 0.6 is 0 Å². The SMILES string of the molecule is CC[N+]1(CC(=O)Cc2c(C)cccc2C)CCCC(C(=O)CC2CCCCC2)C1.[Y]. The van der Waals surface area contributed by atoms with E-state index < -0.39 is 0 Å². The van der Waals surface area contributed by atoms with E-state index in [-0.39, 0.29) is 38.6 Å². The molecule has 1 aromatic rings. The molecule has 0 spiro atoms. The molecule has 163 valence electrons. The molecule has 4 heteroatoms. The van der Waals surface area contributed by atoms with Crippen LogP contribution in [0.25, 0.3) is 0 Å². The molecule has 3 rings (SSSR count). The summed E-state index contributed by atoms with van der Waals surface area (Å²) >= 11 is 0. The molecule has 0 N–H and O–H groups in total. The number of benzene rings is 1. The number of Topliss-reactive ketones (excluding diaryl/α,β-unsaturated/α-hetero) is 2. The molecule has 3 nitrogen and oxygen atoms in total. The molecule has 1 radical (unpaired) electrons. The van der Waals surface area contributed by atoms with E-state index in [2.05, 4.69) is 39.0 Å². The van der Waals surface area contributed by atoms with Gasteiger partial charge in [0.15, 0.2) is 5.78 Å². The third kappa shape index (κ3) is 6.81. The molecule has 0 aromatic heterocycles. The minimum atomic E-state index is 0. The molecule has 2 unspecified atom stereocenters. The first-order chi connectivity index (χ1) is 13.9. The number of nitrogens with zero attached hydrogens (tertiary/aromatic N) is 1. The van der Waals surface area contributed by atoms with Gasteiger partial charge in [0.2, 0.25) is 0 Å². The van der Waals surface area contributed by atoms with Gasteiger partial charge in [-0.15, -0.1) is 0 Å². The number of hydrogen-bond acceptors (Lipinski definition) is 2. The standard InChI is InChI=1S/C26H40NO2.Y/c1-4-27(19-24(28)17-25-20(2)10-8-11-21(25)3)15-9-14-23(18-27)26(29)16-22-12-6-5-7-13-22;/h8,10-11,22-23H,4-7,9,12-19H2,1-3H3;/q+1;. The number of carbonyl (C=O) groups is 2. The molecule has 1 heterocycles. The molecule has 1 saturated carbocycles. The van der Waals surface area contributed by atoms with Gasteiger partial charge < -0.3 is 4.48 Å². The van der Waals surface area contributed by atoms with Gasteiger partial charge in [-0.05, 0) is 56.2 Å². The number of piperidine rings is 1. The molecule has 1 aliphatic heterocycles. The van der Waals surface area contributed by atoms with Crippen LogP contribution in [0, 0.1) is 25.7 Å². The largest absolute Gasteiger partial charge is 0.317 e. The van der Waals surface area contributed by atoms with Gasteiger partial charge in [-0.1, -0.05) is 50.3 Å². The Balaban J connectivity index is 0.00000320. The fourth-order valence-electron chi connectivity index (χ4n) is 5.73. The van der Waals surface area contributed by atoms with Crippen LogP contribution in [0.5, 0.6) is 0 Å². The second-order valence-corrected chi connectivity index (χ2v) is 9.82. The zero-order valence-electron chi connectivity index (χ0n) is 19.4. The number of rotatable bonds is 8. The summed E-state index contributed by atoms with van der Waals surface area (Å²) in [6.07, 6.45) is 9.81. The summed E-state index contributed by atoms with van der Waals surface area (Å²) in [5.41, 5.74) is 3.61. The molecular weight excluding hydrogens is 447 g/mol. The number of likely N-dealkylation sites (N-methyl/N-ethyl adjacent to an activating group) is 1. The van der Waals surface area contributed by atoms with Crippen molar-refractivity contribution in [2.45, 2.75) is 78.6 Å². The van der Waals surface area contributed by atoms with E-state index in [1.165, 1.54) is 48.8 Å². The van der Waals surface area contributed by atoms with Crippen molar-refractivity contribution in [3.8, 4) is 0 Å². The number of quaternary nitrogens is 1. The first-order valence-electron chi connectivity index (χ1n) is 11.9. The van der Waals surface area contributed by atoms with Gasteiger partial charge in [0.05, 0.1) is 25.6 Å². The molecule has 2 aliphatic rings. The van der Waals surface area contributed by atoms with Gasteiger partial charge in [0.1, 0.15) is 12.3 Å². The summed E-state index contributed by atoms with van der Waals surface area (Å²) in [7, 11) is 0. The molecular formula is C26H40NO2Y+. The monoisotopic (exact) mass is 487 g/mol. The average molecular weight is 488 g/mol. The van der Waals surface area contributed by atoms with Crippen molar-refractivity contribution in [3.05, 3.63) is 34.9 Å². The van der Waals surface area contributed by atoms with Crippen LogP contribution in [0.15, 0.2) is 18.2 Å². The van der Waals surface area contributed by atoms with Crippen molar-refractivity contribution in [3.63, 3.8) is 0 Å². The number of carbonyl (C=O) groups excluding carboxylic acids is 2. The van der Waals surface area contributed by atoms with Crippen molar-refractivity contribution in [2.24, 2.45) is 11.8 Å².